The monoisotopic (exact) mass is 553 g/mol. The molecule has 1 heterocycles. The van der Waals surface area contributed by atoms with E-state index in [1.54, 1.807) is 0 Å². The maximum Gasteiger partial charge on any atom is 0.338 e. The van der Waals surface area contributed by atoms with Gasteiger partial charge in [-0.1, -0.05) is 23.2 Å². The van der Waals surface area contributed by atoms with Gasteiger partial charge in [0.05, 0.1) is 16.7 Å². The maximum atomic E-state index is 12.8. The Bertz CT molecular complexity index is 1470. The number of esters is 2. The van der Waals surface area contributed by atoms with E-state index in [-0.39, 0.29) is 22.3 Å². The van der Waals surface area contributed by atoms with Gasteiger partial charge >= 0.3 is 11.9 Å². The lowest BCUT2D eigenvalue weighted by Gasteiger charge is -2.12. The second-order valence-electron chi connectivity index (χ2n) is 8.05. The molecule has 11 heteroatoms. The fraction of sp³-hybridized carbons (Fsp3) is 0.111. The van der Waals surface area contributed by atoms with Crippen LogP contribution in [0.15, 0.2) is 66.7 Å². The summed E-state index contributed by atoms with van der Waals surface area (Å²) in [6.45, 7) is -1.86. The molecule has 0 radical (unpaired) electrons. The van der Waals surface area contributed by atoms with Crippen LogP contribution in [0.4, 0.5) is 0 Å². The summed E-state index contributed by atoms with van der Waals surface area (Å²) in [6.07, 6.45) is 0. The van der Waals surface area contributed by atoms with E-state index in [1.165, 1.54) is 60.7 Å². The third-order valence-corrected chi connectivity index (χ3v) is 6.03. The molecule has 0 atom stereocenters. The molecular weight excluding hydrogens is 537 g/mol. The van der Waals surface area contributed by atoms with Crippen molar-refractivity contribution in [2.75, 3.05) is 19.8 Å². The van der Waals surface area contributed by atoms with Crippen molar-refractivity contribution in [3.63, 3.8) is 0 Å². The summed E-state index contributed by atoms with van der Waals surface area (Å²) >= 11 is 11.6. The van der Waals surface area contributed by atoms with Crippen LogP contribution in [-0.4, -0.2) is 60.0 Å². The number of carbonyl (C=O) groups excluding carboxylic acids is 6. The molecule has 0 bridgehead atoms. The predicted molar refractivity (Wildman–Crippen MR) is 135 cm³/mol. The average molecular weight is 554 g/mol. The lowest BCUT2D eigenvalue weighted by molar-refractivity contribution is -0.142. The molecule has 0 unspecified atom stereocenters. The number of rotatable bonds is 9. The summed E-state index contributed by atoms with van der Waals surface area (Å²) < 4.78 is 9.96. The first-order chi connectivity index (χ1) is 18.1. The number of hydrogen-bond donors (Lipinski definition) is 0. The maximum absolute atomic E-state index is 12.8. The minimum absolute atomic E-state index is 0.0196. The van der Waals surface area contributed by atoms with Gasteiger partial charge in [-0.2, -0.15) is 0 Å². The first kappa shape index (κ1) is 26.7. The number of imide groups is 1. The van der Waals surface area contributed by atoms with E-state index in [0.717, 1.165) is 6.07 Å². The van der Waals surface area contributed by atoms with Gasteiger partial charge < -0.3 is 9.47 Å². The van der Waals surface area contributed by atoms with Crippen LogP contribution in [0.5, 0.6) is 0 Å². The molecule has 4 rings (SSSR count). The Morgan fingerprint density at radius 2 is 1.11 bits per heavy atom. The minimum atomic E-state index is -0.970. The predicted octanol–water partition coefficient (Wildman–Crippen LogP) is 4.06. The molecule has 192 valence electrons. The zero-order valence-electron chi connectivity index (χ0n) is 19.4. The number of benzene rings is 3. The molecule has 1 aliphatic heterocycles. The third kappa shape index (κ3) is 5.96. The highest BCUT2D eigenvalue weighted by Gasteiger charge is 2.37. The van der Waals surface area contributed by atoms with Gasteiger partial charge in [0.25, 0.3) is 11.8 Å². The largest absolute Gasteiger partial charge is 0.456 e. The molecule has 0 saturated heterocycles. The Morgan fingerprint density at radius 1 is 0.632 bits per heavy atom. The molecule has 0 spiro atoms. The van der Waals surface area contributed by atoms with E-state index >= 15 is 0 Å². The number of fused-ring (bicyclic) bond motifs is 1. The van der Waals surface area contributed by atoms with Crippen LogP contribution in [0.25, 0.3) is 0 Å². The van der Waals surface area contributed by atoms with E-state index in [9.17, 15) is 28.8 Å². The molecule has 0 N–H and O–H groups in total. The van der Waals surface area contributed by atoms with Crippen LogP contribution in [-0.2, 0) is 14.3 Å². The Hall–Kier alpha value is -4.34. The van der Waals surface area contributed by atoms with Crippen molar-refractivity contribution in [1.29, 1.82) is 0 Å². The van der Waals surface area contributed by atoms with Crippen LogP contribution >= 0.6 is 23.2 Å². The molecule has 0 aromatic heterocycles. The number of ether oxygens (including phenoxy) is 2. The van der Waals surface area contributed by atoms with E-state index < -0.39 is 55.1 Å². The molecule has 2 amide bonds. The van der Waals surface area contributed by atoms with Crippen molar-refractivity contribution in [3.8, 4) is 0 Å². The van der Waals surface area contributed by atoms with Gasteiger partial charge in [-0.25, -0.2) is 4.79 Å². The molecule has 3 aromatic rings. The number of amides is 2. The van der Waals surface area contributed by atoms with E-state index in [1.807, 2.05) is 0 Å². The van der Waals surface area contributed by atoms with Gasteiger partial charge in [-0.3, -0.25) is 28.9 Å². The first-order valence-corrected chi connectivity index (χ1v) is 11.8. The van der Waals surface area contributed by atoms with E-state index in [0.29, 0.717) is 20.5 Å². The molecule has 3 aromatic carbocycles. The summed E-state index contributed by atoms with van der Waals surface area (Å²) in [6, 6.07) is 15.7. The zero-order valence-corrected chi connectivity index (χ0v) is 21.0. The molecular formula is C27H17Cl2NO8. The van der Waals surface area contributed by atoms with Crippen LogP contribution in [0.1, 0.15) is 51.8 Å². The minimum Gasteiger partial charge on any atom is -0.456 e. The number of nitrogens with zero attached hydrogens (tertiary/aromatic N) is 1. The van der Waals surface area contributed by atoms with Crippen molar-refractivity contribution in [2.24, 2.45) is 0 Å². The Balaban J connectivity index is 1.35. The Labute approximate surface area is 225 Å². The zero-order chi connectivity index (χ0) is 27.4. The summed E-state index contributed by atoms with van der Waals surface area (Å²) in [7, 11) is 0. The van der Waals surface area contributed by atoms with Crippen molar-refractivity contribution < 1.29 is 38.2 Å². The van der Waals surface area contributed by atoms with Crippen LogP contribution in [0.3, 0.4) is 0 Å². The average Bonchev–Trinajstić information content (AvgIpc) is 3.15. The van der Waals surface area contributed by atoms with Crippen LogP contribution in [0, 0.1) is 0 Å². The highest BCUT2D eigenvalue weighted by Crippen LogP contribution is 2.24. The summed E-state index contributed by atoms with van der Waals surface area (Å²) in [4.78, 5) is 75.2. The molecule has 1 aliphatic rings. The van der Waals surface area contributed by atoms with Gasteiger partial charge in [0.2, 0.25) is 0 Å². The smallest absolute Gasteiger partial charge is 0.338 e. The van der Waals surface area contributed by atoms with Gasteiger partial charge in [0.1, 0.15) is 6.54 Å². The van der Waals surface area contributed by atoms with Crippen molar-refractivity contribution in [2.45, 2.75) is 0 Å². The van der Waals surface area contributed by atoms with E-state index in [4.69, 9.17) is 32.7 Å². The molecule has 0 aliphatic carbocycles. The van der Waals surface area contributed by atoms with Gasteiger partial charge in [0, 0.05) is 21.2 Å². The van der Waals surface area contributed by atoms with Gasteiger partial charge in [0.15, 0.2) is 24.8 Å². The SMILES string of the molecule is O=C(CN1C(=O)c2ccc(C(=O)OCC(=O)c3ccc(Cl)cc3)cc2C1=O)OCC(=O)c1ccc(Cl)cc1. The second-order valence-corrected chi connectivity index (χ2v) is 8.93. The van der Waals surface area contributed by atoms with Crippen molar-refractivity contribution >= 4 is 58.5 Å². The lowest BCUT2D eigenvalue weighted by atomic mass is 10.1. The number of hydrogen-bond acceptors (Lipinski definition) is 8. The lowest BCUT2D eigenvalue weighted by Crippen LogP contribution is -2.36. The fourth-order valence-corrected chi connectivity index (χ4v) is 3.79. The number of ketones is 2. The highest BCUT2D eigenvalue weighted by atomic mass is 35.5. The summed E-state index contributed by atoms with van der Waals surface area (Å²) in [5.74, 6) is -4.38. The third-order valence-electron chi connectivity index (χ3n) is 5.52. The number of carbonyl (C=O) groups is 6. The van der Waals surface area contributed by atoms with Gasteiger partial charge in [-0.15, -0.1) is 0 Å². The van der Waals surface area contributed by atoms with Crippen LogP contribution in [0.2, 0.25) is 10.0 Å². The molecule has 9 nitrogen and oxygen atoms in total. The standard InChI is InChI=1S/C27H17Cl2NO8/c28-18-6-1-15(2-7-18)22(31)13-37-24(33)12-30-25(34)20-10-5-17(11-21(20)26(30)35)27(36)38-14-23(32)16-3-8-19(29)9-4-16/h1-11H,12-14H2. The number of halogens is 2. The number of Topliss-reactive ketones (excluding diaryl/α,β-unsaturated/α-hetero) is 2. The second kappa shape index (κ2) is 11.4. The Kier molecular flexibility index (Phi) is 7.99. The Morgan fingerprint density at radius 3 is 1.66 bits per heavy atom. The van der Waals surface area contributed by atoms with Crippen LogP contribution < -0.4 is 0 Å². The van der Waals surface area contributed by atoms with Gasteiger partial charge in [-0.05, 0) is 66.7 Å². The molecule has 38 heavy (non-hydrogen) atoms. The summed E-state index contributed by atoms with van der Waals surface area (Å²) in [5.41, 5.74) is 0.380. The topological polar surface area (TPSA) is 124 Å². The highest BCUT2D eigenvalue weighted by molar-refractivity contribution is 6.31. The fourth-order valence-electron chi connectivity index (χ4n) is 3.53. The molecule has 0 saturated carbocycles. The van der Waals surface area contributed by atoms with Crippen molar-refractivity contribution in [1.82, 2.24) is 4.90 Å². The first-order valence-electron chi connectivity index (χ1n) is 11.0. The normalized spacial score (nSPS) is 12.2. The van der Waals surface area contributed by atoms with E-state index in [2.05, 4.69) is 0 Å². The summed E-state index contributed by atoms with van der Waals surface area (Å²) in [5, 5.41) is 0.886. The quantitative estimate of drug-likeness (QED) is 0.221. The van der Waals surface area contributed by atoms with Crippen molar-refractivity contribution in [3.05, 3.63) is 105 Å². The molecule has 0 fully saturated rings.